The largest absolute Gasteiger partial charge is 0.497 e. The molecule has 1 atom stereocenters. The van der Waals surface area contributed by atoms with Crippen LogP contribution in [0, 0.1) is 0 Å². The second-order valence-electron chi connectivity index (χ2n) is 7.49. The monoisotopic (exact) mass is 396 g/mol. The summed E-state index contributed by atoms with van der Waals surface area (Å²) in [5, 5.41) is 0.00895. The second-order valence-corrected chi connectivity index (χ2v) is 8.62. The van der Waals surface area contributed by atoms with Crippen LogP contribution in [0.2, 0.25) is 0 Å². The number of thioether (sulfide) groups is 1. The van der Waals surface area contributed by atoms with E-state index in [9.17, 15) is 4.79 Å². The van der Waals surface area contributed by atoms with E-state index in [1.807, 2.05) is 30.3 Å². The summed E-state index contributed by atoms with van der Waals surface area (Å²) in [7, 11) is 1.68. The fourth-order valence-electron chi connectivity index (χ4n) is 4.07. The first-order chi connectivity index (χ1) is 13.8. The second kappa shape index (κ2) is 9.01. The summed E-state index contributed by atoms with van der Waals surface area (Å²) >= 11 is 1.77. The summed E-state index contributed by atoms with van der Waals surface area (Å²) < 4.78 is 5.30. The molecule has 0 aromatic heterocycles. The number of carbonyl (C=O) groups excluding carboxylic acids is 1. The standard InChI is InChI=1S/C23H28N2O2S/c1-27-19-12-10-18(11-13-19)23-25(17-7-16-24-14-5-2-6-15-24)22(26)20-8-3-4-9-21(20)28-23/h3-4,8-13,23H,2,5-7,14-17H2,1H3. The molecule has 0 bridgehead atoms. The Morgan fingerprint density at radius 1 is 1.00 bits per heavy atom. The summed E-state index contributed by atoms with van der Waals surface area (Å²) in [6.45, 7) is 4.26. The van der Waals surface area contributed by atoms with Crippen molar-refractivity contribution in [1.82, 2.24) is 9.80 Å². The van der Waals surface area contributed by atoms with Crippen LogP contribution in [0.1, 0.15) is 47.0 Å². The Morgan fingerprint density at radius 2 is 1.75 bits per heavy atom. The van der Waals surface area contributed by atoms with Gasteiger partial charge in [0.15, 0.2) is 0 Å². The Bertz CT molecular complexity index is 803. The van der Waals surface area contributed by atoms with Crippen LogP contribution in [0.4, 0.5) is 0 Å². The smallest absolute Gasteiger partial charge is 0.256 e. The molecule has 1 amide bonds. The lowest BCUT2D eigenvalue weighted by Gasteiger charge is -2.37. The third-order valence-corrected chi connectivity index (χ3v) is 6.98. The molecule has 0 aliphatic carbocycles. The zero-order valence-electron chi connectivity index (χ0n) is 16.5. The number of rotatable bonds is 6. The predicted octanol–water partition coefficient (Wildman–Crippen LogP) is 4.82. The van der Waals surface area contributed by atoms with E-state index in [4.69, 9.17) is 4.74 Å². The quantitative estimate of drug-likeness (QED) is 0.701. The zero-order valence-corrected chi connectivity index (χ0v) is 17.3. The van der Waals surface area contributed by atoms with Gasteiger partial charge in [-0.2, -0.15) is 0 Å². The van der Waals surface area contributed by atoms with Crippen molar-refractivity contribution in [2.24, 2.45) is 0 Å². The molecule has 0 spiro atoms. The molecule has 1 unspecified atom stereocenters. The molecular formula is C23H28N2O2S. The maximum Gasteiger partial charge on any atom is 0.256 e. The van der Waals surface area contributed by atoms with Gasteiger partial charge >= 0.3 is 0 Å². The van der Waals surface area contributed by atoms with Gasteiger partial charge in [-0.05, 0) is 68.7 Å². The molecule has 4 rings (SSSR count). The number of methoxy groups -OCH3 is 1. The Morgan fingerprint density at radius 3 is 2.50 bits per heavy atom. The van der Waals surface area contributed by atoms with E-state index in [0.717, 1.165) is 41.3 Å². The van der Waals surface area contributed by atoms with Gasteiger partial charge in [-0.1, -0.05) is 42.4 Å². The summed E-state index contributed by atoms with van der Waals surface area (Å²) in [6, 6.07) is 16.1. The van der Waals surface area contributed by atoms with Crippen molar-refractivity contribution in [3.63, 3.8) is 0 Å². The van der Waals surface area contributed by atoms with Crippen LogP contribution in [0.25, 0.3) is 0 Å². The Hall–Kier alpha value is -1.98. The summed E-state index contributed by atoms with van der Waals surface area (Å²) in [5.41, 5.74) is 1.97. The highest BCUT2D eigenvalue weighted by atomic mass is 32.2. The van der Waals surface area contributed by atoms with Gasteiger partial charge in [-0.25, -0.2) is 0 Å². The highest BCUT2D eigenvalue weighted by Gasteiger charge is 2.33. The Kier molecular flexibility index (Phi) is 6.23. The van der Waals surface area contributed by atoms with Crippen LogP contribution in [0.3, 0.4) is 0 Å². The maximum absolute atomic E-state index is 13.3. The molecule has 148 valence electrons. The lowest BCUT2D eigenvalue weighted by atomic mass is 10.1. The number of likely N-dealkylation sites (tertiary alicyclic amines) is 1. The van der Waals surface area contributed by atoms with Crippen LogP contribution in [-0.4, -0.2) is 49.0 Å². The van der Waals surface area contributed by atoms with Crippen molar-refractivity contribution in [1.29, 1.82) is 0 Å². The topological polar surface area (TPSA) is 32.8 Å². The van der Waals surface area contributed by atoms with Crippen LogP contribution in [0.15, 0.2) is 53.4 Å². The average Bonchev–Trinajstić information content (AvgIpc) is 2.76. The van der Waals surface area contributed by atoms with Crippen LogP contribution in [0.5, 0.6) is 5.75 Å². The van der Waals surface area contributed by atoms with E-state index in [1.54, 1.807) is 18.9 Å². The van der Waals surface area contributed by atoms with Gasteiger partial charge in [0.05, 0.1) is 12.7 Å². The number of hydrogen-bond donors (Lipinski definition) is 0. The van der Waals surface area contributed by atoms with Gasteiger partial charge in [-0.15, -0.1) is 0 Å². The fraction of sp³-hybridized carbons (Fsp3) is 0.435. The molecular weight excluding hydrogens is 368 g/mol. The van der Waals surface area contributed by atoms with E-state index in [-0.39, 0.29) is 11.3 Å². The third-order valence-electron chi connectivity index (χ3n) is 5.62. The third kappa shape index (κ3) is 4.20. The molecule has 0 saturated carbocycles. The van der Waals surface area contributed by atoms with Crippen molar-refractivity contribution in [2.75, 3.05) is 33.3 Å². The highest BCUT2D eigenvalue weighted by Crippen LogP contribution is 2.44. The minimum absolute atomic E-state index is 0.00895. The zero-order chi connectivity index (χ0) is 19.3. The Labute approximate surface area is 171 Å². The SMILES string of the molecule is COc1ccc(C2Sc3ccccc3C(=O)N2CCCN2CCCCC2)cc1. The van der Waals surface area contributed by atoms with Gasteiger partial charge < -0.3 is 14.5 Å². The first-order valence-electron chi connectivity index (χ1n) is 10.2. The number of fused-ring (bicyclic) bond motifs is 1. The van der Waals surface area contributed by atoms with E-state index in [0.29, 0.717) is 0 Å². The first kappa shape index (κ1) is 19.3. The van der Waals surface area contributed by atoms with E-state index in [2.05, 4.69) is 28.0 Å². The number of amides is 1. The molecule has 0 radical (unpaired) electrons. The number of hydrogen-bond acceptors (Lipinski definition) is 4. The normalized spacial score (nSPS) is 20.1. The molecule has 5 heteroatoms. The minimum atomic E-state index is 0.00895. The predicted molar refractivity (Wildman–Crippen MR) is 114 cm³/mol. The van der Waals surface area contributed by atoms with Gasteiger partial charge in [-0.3, -0.25) is 4.79 Å². The van der Waals surface area contributed by atoms with E-state index < -0.39 is 0 Å². The number of nitrogens with zero attached hydrogens (tertiary/aromatic N) is 2. The van der Waals surface area contributed by atoms with Gasteiger partial charge in [0.1, 0.15) is 11.1 Å². The first-order valence-corrected chi connectivity index (χ1v) is 11.1. The fourth-order valence-corrected chi connectivity index (χ4v) is 5.38. The van der Waals surface area contributed by atoms with Crippen molar-refractivity contribution in [3.05, 3.63) is 59.7 Å². The number of ether oxygens (including phenoxy) is 1. The summed E-state index contributed by atoms with van der Waals surface area (Å²) in [4.78, 5) is 18.9. The van der Waals surface area contributed by atoms with Crippen molar-refractivity contribution >= 4 is 17.7 Å². The van der Waals surface area contributed by atoms with Crippen LogP contribution < -0.4 is 4.74 Å². The van der Waals surface area contributed by atoms with Gasteiger partial charge in [0.2, 0.25) is 0 Å². The van der Waals surface area contributed by atoms with Gasteiger partial charge in [0, 0.05) is 11.4 Å². The molecule has 4 nitrogen and oxygen atoms in total. The lowest BCUT2D eigenvalue weighted by Crippen LogP contribution is -2.39. The van der Waals surface area contributed by atoms with E-state index in [1.165, 1.54) is 32.4 Å². The number of benzene rings is 2. The molecule has 2 aromatic rings. The summed E-state index contributed by atoms with van der Waals surface area (Å²) in [5.74, 6) is 0.988. The number of carbonyl (C=O) groups is 1. The number of piperidine rings is 1. The molecule has 0 N–H and O–H groups in total. The lowest BCUT2D eigenvalue weighted by molar-refractivity contribution is 0.0715. The van der Waals surface area contributed by atoms with Gasteiger partial charge in [0.25, 0.3) is 5.91 Å². The Balaban J connectivity index is 1.53. The van der Waals surface area contributed by atoms with Crippen molar-refractivity contribution in [2.45, 2.75) is 36.0 Å². The van der Waals surface area contributed by atoms with E-state index >= 15 is 0 Å². The molecule has 1 saturated heterocycles. The molecule has 2 aromatic carbocycles. The van der Waals surface area contributed by atoms with Crippen molar-refractivity contribution in [3.8, 4) is 5.75 Å². The molecule has 2 aliphatic rings. The molecule has 2 aliphatic heterocycles. The van der Waals surface area contributed by atoms with Crippen LogP contribution >= 0.6 is 11.8 Å². The minimum Gasteiger partial charge on any atom is -0.497 e. The molecule has 28 heavy (non-hydrogen) atoms. The van der Waals surface area contributed by atoms with Crippen LogP contribution in [-0.2, 0) is 0 Å². The highest BCUT2D eigenvalue weighted by molar-refractivity contribution is 7.99. The average molecular weight is 397 g/mol. The molecule has 1 fully saturated rings. The maximum atomic E-state index is 13.3. The summed E-state index contributed by atoms with van der Waals surface area (Å²) in [6.07, 6.45) is 4.98. The molecule has 2 heterocycles. The van der Waals surface area contributed by atoms with Crippen molar-refractivity contribution < 1.29 is 9.53 Å².